The topological polar surface area (TPSA) is 141 Å². The fourth-order valence-corrected chi connectivity index (χ4v) is 8.05. The van der Waals surface area contributed by atoms with E-state index in [1.165, 1.54) is 13.2 Å². The minimum atomic E-state index is -3.09. The Morgan fingerprint density at radius 1 is 0.898 bits per heavy atom. The Bertz CT molecular complexity index is 1740. The first-order chi connectivity index (χ1) is 23.4. The summed E-state index contributed by atoms with van der Waals surface area (Å²) < 4.78 is 23.1. The summed E-state index contributed by atoms with van der Waals surface area (Å²) in [5.41, 5.74) is 2.26. The van der Waals surface area contributed by atoms with E-state index >= 15 is 0 Å². The molecule has 49 heavy (non-hydrogen) atoms. The molecule has 0 bridgehead atoms. The predicted molar refractivity (Wildman–Crippen MR) is 187 cm³/mol. The van der Waals surface area contributed by atoms with Gasteiger partial charge in [0.1, 0.15) is 28.1 Å². The summed E-state index contributed by atoms with van der Waals surface area (Å²) in [5, 5.41) is 12.9. The number of amides is 3. The molecule has 2 fully saturated rings. The highest BCUT2D eigenvalue weighted by atomic mass is 32.2. The van der Waals surface area contributed by atoms with Crippen LogP contribution in [0.25, 0.3) is 0 Å². The first-order valence-electron chi connectivity index (χ1n) is 16.9. The number of sulfone groups is 1. The molecule has 0 spiro atoms. The maximum Gasteiger partial charge on any atom is 0.326 e. The van der Waals surface area contributed by atoms with E-state index in [2.05, 4.69) is 5.32 Å². The van der Waals surface area contributed by atoms with Gasteiger partial charge in [-0.15, -0.1) is 0 Å². The third-order valence-corrected chi connectivity index (χ3v) is 10.9. The molecule has 1 heterocycles. The van der Waals surface area contributed by atoms with Crippen LogP contribution in [-0.2, 0) is 41.9 Å². The van der Waals surface area contributed by atoms with Crippen LogP contribution in [0.15, 0.2) is 84.9 Å². The zero-order chi connectivity index (χ0) is 35.2. The van der Waals surface area contributed by atoms with Gasteiger partial charge in [-0.2, -0.15) is 0 Å². The van der Waals surface area contributed by atoms with Crippen LogP contribution < -0.4 is 10.2 Å². The SMILES string of the molecule is CC(=O)N1C(Cc2ccccc2)C(=O)N(c2ccc(C[C@H](NC(=O)C3(CCCCS(C)(=O)=O)CCCC3)C(=O)O)cc2)C1c1ccccc1. The molecule has 3 aromatic rings. The number of benzene rings is 3. The van der Waals surface area contributed by atoms with E-state index in [-0.39, 0.29) is 29.9 Å². The van der Waals surface area contributed by atoms with E-state index in [1.54, 1.807) is 34.1 Å². The molecule has 3 amide bonds. The molecule has 260 valence electrons. The van der Waals surface area contributed by atoms with Crippen molar-refractivity contribution in [2.75, 3.05) is 16.9 Å². The van der Waals surface area contributed by atoms with Crippen LogP contribution in [0, 0.1) is 5.41 Å². The van der Waals surface area contributed by atoms with Crippen molar-refractivity contribution >= 4 is 39.2 Å². The summed E-state index contributed by atoms with van der Waals surface area (Å²) in [7, 11) is -3.09. The lowest BCUT2D eigenvalue weighted by Gasteiger charge is -2.31. The molecule has 2 unspecified atom stereocenters. The largest absolute Gasteiger partial charge is 0.480 e. The summed E-state index contributed by atoms with van der Waals surface area (Å²) >= 11 is 0. The van der Waals surface area contributed by atoms with E-state index in [9.17, 15) is 32.7 Å². The van der Waals surface area contributed by atoms with Gasteiger partial charge in [0.25, 0.3) is 5.91 Å². The van der Waals surface area contributed by atoms with Crippen LogP contribution in [0.1, 0.15) is 74.7 Å². The minimum absolute atomic E-state index is 0.0395. The molecule has 0 aromatic heterocycles. The van der Waals surface area contributed by atoms with Crippen LogP contribution in [-0.4, -0.2) is 66.2 Å². The maximum atomic E-state index is 14.2. The zero-order valence-electron chi connectivity index (χ0n) is 28.1. The van der Waals surface area contributed by atoms with Gasteiger partial charge in [0.2, 0.25) is 11.8 Å². The summed E-state index contributed by atoms with van der Waals surface area (Å²) in [6.07, 6.45) is 5.51. The van der Waals surface area contributed by atoms with E-state index in [0.717, 1.165) is 24.0 Å². The smallest absolute Gasteiger partial charge is 0.326 e. The van der Waals surface area contributed by atoms with E-state index in [1.807, 2.05) is 60.7 Å². The molecule has 3 atom stereocenters. The number of nitrogens with one attached hydrogen (secondary N) is 1. The molecule has 1 saturated heterocycles. The lowest BCUT2D eigenvalue weighted by Crippen LogP contribution is -2.48. The molecule has 5 rings (SSSR count). The Morgan fingerprint density at radius 2 is 1.51 bits per heavy atom. The molecular weight excluding hydrogens is 642 g/mol. The fraction of sp³-hybridized carbons (Fsp3) is 0.421. The molecule has 0 radical (unpaired) electrons. The minimum Gasteiger partial charge on any atom is -0.480 e. The number of carbonyl (C=O) groups excluding carboxylic acids is 3. The molecule has 10 nitrogen and oxygen atoms in total. The Morgan fingerprint density at radius 3 is 2.08 bits per heavy atom. The lowest BCUT2D eigenvalue weighted by molar-refractivity contribution is -0.144. The first kappa shape index (κ1) is 35.8. The average molecular weight is 688 g/mol. The van der Waals surface area contributed by atoms with Crippen molar-refractivity contribution in [1.82, 2.24) is 10.2 Å². The van der Waals surface area contributed by atoms with Gasteiger partial charge in [0, 0.05) is 42.9 Å². The van der Waals surface area contributed by atoms with E-state index < -0.39 is 39.5 Å². The van der Waals surface area contributed by atoms with Crippen molar-refractivity contribution in [1.29, 1.82) is 0 Å². The quantitative estimate of drug-likeness (QED) is 0.225. The summed E-state index contributed by atoms with van der Waals surface area (Å²) in [6.45, 7) is 1.47. The zero-order valence-corrected chi connectivity index (χ0v) is 28.9. The number of carbonyl (C=O) groups is 4. The van der Waals surface area contributed by atoms with Crippen LogP contribution >= 0.6 is 0 Å². The number of nitrogens with zero attached hydrogens (tertiary/aromatic N) is 2. The van der Waals surface area contributed by atoms with E-state index in [0.29, 0.717) is 49.8 Å². The predicted octanol–water partition coefficient (Wildman–Crippen LogP) is 5.08. The molecule has 1 aliphatic carbocycles. The number of unbranched alkanes of at least 4 members (excludes halogenated alkanes) is 1. The van der Waals surface area contributed by atoms with Crippen molar-refractivity contribution in [2.24, 2.45) is 5.41 Å². The van der Waals surface area contributed by atoms with Gasteiger partial charge in [-0.05, 0) is 54.5 Å². The second kappa shape index (κ2) is 15.4. The second-order valence-corrected chi connectivity index (χ2v) is 15.7. The van der Waals surface area contributed by atoms with Crippen molar-refractivity contribution < 1.29 is 32.7 Å². The van der Waals surface area contributed by atoms with Gasteiger partial charge < -0.3 is 15.3 Å². The van der Waals surface area contributed by atoms with Crippen LogP contribution in [0.4, 0.5) is 5.69 Å². The highest BCUT2D eigenvalue weighted by Crippen LogP contribution is 2.43. The van der Waals surface area contributed by atoms with Gasteiger partial charge in [0.05, 0.1) is 0 Å². The normalized spacial score (nSPS) is 19.5. The van der Waals surface area contributed by atoms with Gasteiger partial charge in [-0.3, -0.25) is 19.3 Å². The third-order valence-electron chi connectivity index (χ3n) is 9.82. The number of aliphatic carboxylic acids is 1. The highest BCUT2D eigenvalue weighted by molar-refractivity contribution is 7.90. The van der Waals surface area contributed by atoms with Crippen molar-refractivity contribution in [2.45, 2.75) is 83.0 Å². The number of hydrogen-bond acceptors (Lipinski definition) is 6. The van der Waals surface area contributed by atoms with Gasteiger partial charge in [-0.25, -0.2) is 13.2 Å². The van der Waals surface area contributed by atoms with Crippen LogP contribution in [0.3, 0.4) is 0 Å². The van der Waals surface area contributed by atoms with Crippen molar-refractivity contribution in [3.63, 3.8) is 0 Å². The molecule has 1 aliphatic heterocycles. The molecule has 11 heteroatoms. The molecule has 1 saturated carbocycles. The highest BCUT2D eigenvalue weighted by Gasteiger charge is 2.48. The monoisotopic (exact) mass is 687 g/mol. The number of hydrogen-bond donors (Lipinski definition) is 2. The second-order valence-electron chi connectivity index (χ2n) is 13.4. The lowest BCUT2D eigenvalue weighted by atomic mass is 9.80. The van der Waals surface area contributed by atoms with E-state index in [4.69, 9.17) is 0 Å². The van der Waals surface area contributed by atoms with Crippen LogP contribution in [0.2, 0.25) is 0 Å². The third kappa shape index (κ3) is 8.57. The van der Waals surface area contributed by atoms with Crippen LogP contribution in [0.5, 0.6) is 0 Å². The molecular formula is C38H45N3O7S. The Labute approximate surface area is 288 Å². The standard InChI is InChI=1S/C38H45N3O7S/c1-27(42)40-33(26-28-13-5-3-6-14-28)35(43)41(34(40)30-15-7-4-8-16-30)31-19-17-29(18-20-31)25-32(36(44)45)39-37(46)38(21-9-10-22-38)23-11-12-24-49(2,47)48/h3-8,13-20,32-34H,9-12,21-26H2,1-2H3,(H,39,46)(H,44,45)/t32-,33?,34?/m0/s1. The number of rotatable bonds is 14. The fourth-order valence-electron chi connectivity index (χ4n) is 7.32. The summed E-state index contributed by atoms with van der Waals surface area (Å²) in [6, 6.07) is 24.1. The molecule has 2 N–H and O–H groups in total. The number of carboxylic acid groups (broad SMARTS) is 1. The summed E-state index contributed by atoms with van der Waals surface area (Å²) in [5.74, 6) is -1.82. The number of anilines is 1. The number of carboxylic acids is 1. The van der Waals surface area contributed by atoms with Crippen molar-refractivity contribution in [3.05, 3.63) is 102 Å². The molecule has 3 aromatic carbocycles. The Hall–Kier alpha value is -4.51. The van der Waals surface area contributed by atoms with Gasteiger partial charge in [-0.1, -0.05) is 92.1 Å². The Kier molecular flexibility index (Phi) is 11.2. The Balaban J connectivity index is 1.35. The van der Waals surface area contributed by atoms with Gasteiger partial charge >= 0.3 is 5.97 Å². The first-order valence-corrected chi connectivity index (χ1v) is 19.0. The summed E-state index contributed by atoms with van der Waals surface area (Å²) in [4.78, 5) is 56.5. The van der Waals surface area contributed by atoms with Crippen molar-refractivity contribution in [3.8, 4) is 0 Å². The maximum absolute atomic E-state index is 14.2. The van der Waals surface area contributed by atoms with Gasteiger partial charge in [0.15, 0.2) is 0 Å². The molecule has 2 aliphatic rings. The average Bonchev–Trinajstić information content (AvgIpc) is 3.67.